The molecular weight excluding hydrogens is 429 g/mol. The number of hydrogen-bond acceptors (Lipinski definition) is 4. The first-order valence-electron chi connectivity index (χ1n) is 6.32. The summed E-state index contributed by atoms with van der Waals surface area (Å²) in [5, 5.41) is 17.0. The van der Waals surface area contributed by atoms with Crippen LogP contribution in [0.3, 0.4) is 0 Å². The fraction of sp³-hybridized carbons (Fsp3) is 0.188. The van der Waals surface area contributed by atoms with Gasteiger partial charge in [0.2, 0.25) is 0 Å². The molecule has 0 aliphatic carbocycles. The first-order valence-corrected chi connectivity index (χ1v) is 10.6. The minimum Gasteiger partial charge on any atom is -0.393 e. The third-order valence-corrected chi connectivity index (χ3v) is 4.62. The molecule has 2 N–H and O–H groups in total. The van der Waals surface area contributed by atoms with Gasteiger partial charge in [0, 0.05) is 38.8 Å². The van der Waals surface area contributed by atoms with Crippen LogP contribution in [0, 0.1) is 11.2 Å². The number of carbonyl (C=O) groups excluding carboxylic acids is 1. The summed E-state index contributed by atoms with van der Waals surface area (Å²) in [6.07, 6.45) is 2.09. The summed E-state index contributed by atoms with van der Waals surface area (Å²) in [4.78, 5) is 11.5. The number of benzene rings is 1. The van der Waals surface area contributed by atoms with E-state index in [2.05, 4.69) is 50.9 Å². The fourth-order valence-electron chi connectivity index (χ4n) is 1.72. The molecule has 0 aliphatic heterocycles. The monoisotopic (exact) mass is 445 g/mol. The lowest BCUT2D eigenvalue weighted by atomic mass is 10.1. The van der Waals surface area contributed by atoms with Gasteiger partial charge in [-0.3, -0.25) is 4.79 Å². The molecule has 0 radical (unpaired) electrons. The third-order valence-electron chi connectivity index (χ3n) is 2.76. The molecule has 0 bridgehead atoms. The van der Waals surface area contributed by atoms with Crippen molar-refractivity contribution in [3.05, 3.63) is 60.0 Å². The second-order valence-electron chi connectivity index (χ2n) is 4.27. The molecule has 0 saturated carbocycles. The number of aliphatic hydroxyl groups excluding tert-OH is 1. The minimum absolute atomic E-state index is 0.210. The van der Waals surface area contributed by atoms with Crippen LogP contribution in [0.5, 0.6) is 0 Å². The second kappa shape index (κ2) is 10.0. The molecule has 116 valence electrons. The van der Waals surface area contributed by atoms with Gasteiger partial charge in [-0.2, -0.15) is 0 Å². The minimum atomic E-state index is -0.836. The number of hydrogen-bond donors (Lipinski definition) is 2. The average Bonchev–Trinajstić information content (AvgIpc) is 2.53. The fourth-order valence-corrected chi connectivity index (χ4v) is 2.97. The van der Waals surface area contributed by atoms with E-state index in [0.717, 1.165) is 5.56 Å². The van der Waals surface area contributed by atoms with Crippen molar-refractivity contribution in [1.82, 2.24) is 5.32 Å². The molecule has 6 heteroatoms. The molecule has 0 saturated heterocycles. The molecule has 1 aromatic rings. The summed E-state index contributed by atoms with van der Waals surface area (Å²) in [6, 6.07) is 7.02. The van der Waals surface area contributed by atoms with Crippen molar-refractivity contribution < 1.29 is 9.90 Å². The van der Waals surface area contributed by atoms with E-state index < -0.39 is 4.87 Å². The molecule has 0 spiro atoms. The van der Waals surface area contributed by atoms with Crippen LogP contribution in [0.25, 0.3) is 0 Å². The molecule has 1 atom stereocenters. The number of halogens is 1. The molecule has 0 aromatic heterocycles. The topological polar surface area (TPSA) is 49.3 Å². The maximum atomic E-state index is 12.3. The van der Waals surface area contributed by atoms with Gasteiger partial charge in [-0.05, 0) is 43.9 Å². The summed E-state index contributed by atoms with van der Waals surface area (Å²) in [5.41, 5.74) is 1.36. The molecule has 1 rings (SSSR count). The number of carbonyl (C=O) groups is 1. The van der Waals surface area contributed by atoms with Crippen molar-refractivity contribution in [3.8, 4) is 11.2 Å². The highest BCUT2D eigenvalue weighted by Crippen LogP contribution is 2.27. The smallest absolute Gasteiger partial charge is 0.252 e. The largest absolute Gasteiger partial charge is 0.393 e. The van der Waals surface area contributed by atoms with Gasteiger partial charge in [0.25, 0.3) is 5.91 Å². The summed E-state index contributed by atoms with van der Waals surface area (Å²) >= 11 is 3.37. The van der Waals surface area contributed by atoms with Crippen molar-refractivity contribution in [2.75, 3.05) is 6.61 Å². The van der Waals surface area contributed by atoms with Crippen LogP contribution < -0.4 is 5.32 Å². The molecule has 1 unspecified atom stereocenters. The van der Waals surface area contributed by atoms with Crippen molar-refractivity contribution in [2.24, 2.45) is 0 Å². The number of rotatable bonds is 7. The summed E-state index contributed by atoms with van der Waals surface area (Å²) in [5.74, 6) is 2.71. The normalized spacial score (nSPS) is 12.5. The Morgan fingerprint density at radius 2 is 2.09 bits per heavy atom. The SMILES string of the molecule is C=CCC(CO)(NC(=O)c1ccc(C#CSI)cc1)SC=C. The zero-order chi connectivity index (χ0) is 16.4. The first-order chi connectivity index (χ1) is 10.6. The summed E-state index contributed by atoms with van der Waals surface area (Å²) in [7, 11) is 1.41. The zero-order valence-electron chi connectivity index (χ0n) is 11.8. The van der Waals surface area contributed by atoms with Gasteiger partial charge in [-0.25, -0.2) is 0 Å². The van der Waals surface area contributed by atoms with Crippen molar-refractivity contribution in [2.45, 2.75) is 11.3 Å². The van der Waals surface area contributed by atoms with E-state index in [1.165, 1.54) is 20.7 Å². The molecule has 1 amide bonds. The van der Waals surface area contributed by atoms with Crippen molar-refractivity contribution in [1.29, 1.82) is 0 Å². The van der Waals surface area contributed by atoms with E-state index in [4.69, 9.17) is 0 Å². The lowest BCUT2D eigenvalue weighted by Gasteiger charge is -2.30. The van der Waals surface area contributed by atoms with E-state index >= 15 is 0 Å². The Morgan fingerprint density at radius 3 is 2.59 bits per heavy atom. The van der Waals surface area contributed by atoms with Gasteiger partial charge in [0.15, 0.2) is 0 Å². The van der Waals surface area contributed by atoms with Gasteiger partial charge < -0.3 is 10.4 Å². The maximum Gasteiger partial charge on any atom is 0.252 e. The van der Waals surface area contributed by atoms with E-state index in [0.29, 0.717) is 12.0 Å². The molecule has 0 fully saturated rings. The number of thioether (sulfide) groups is 1. The van der Waals surface area contributed by atoms with Gasteiger partial charge in [0.1, 0.15) is 4.87 Å². The van der Waals surface area contributed by atoms with Crippen LogP contribution in [0.15, 0.2) is 48.9 Å². The van der Waals surface area contributed by atoms with Gasteiger partial charge in [-0.1, -0.05) is 18.6 Å². The molecular formula is C16H16INO2S2. The van der Waals surface area contributed by atoms with Crippen LogP contribution >= 0.6 is 41.9 Å². The van der Waals surface area contributed by atoms with E-state index in [1.807, 2.05) is 0 Å². The Balaban J connectivity index is 2.89. The summed E-state index contributed by atoms with van der Waals surface area (Å²) < 4.78 is 0. The maximum absolute atomic E-state index is 12.3. The summed E-state index contributed by atoms with van der Waals surface area (Å²) in [6.45, 7) is 7.10. The molecule has 0 aliphatic rings. The van der Waals surface area contributed by atoms with Crippen molar-refractivity contribution in [3.63, 3.8) is 0 Å². The Bertz CT molecular complexity index is 580. The standard InChI is InChI=1S/C16H16INO2S2/c1-3-10-16(12-19,21-4-2)18-15(20)14-7-5-13(6-8-14)9-11-22-17/h3-8,19H,1-2,10,12H2,(H,18,20). The Labute approximate surface area is 151 Å². The molecule has 0 heterocycles. The van der Waals surface area contributed by atoms with Gasteiger partial charge in [-0.15, -0.1) is 18.3 Å². The van der Waals surface area contributed by atoms with Crippen LogP contribution in [-0.2, 0) is 0 Å². The van der Waals surface area contributed by atoms with Crippen LogP contribution in [0.4, 0.5) is 0 Å². The first kappa shape index (κ1) is 19.2. The van der Waals surface area contributed by atoms with Crippen LogP contribution in [0.2, 0.25) is 0 Å². The number of nitrogens with one attached hydrogen (secondary N) is 1. The quantitative estimate of drug-likeness (QED) is 0.289. The Hall–Kier alpha value is -0.880. The van der Waals surface area contributed by atoms with Crippen LogP contribution in [0.1, 0.15) is 22.3 Å². The highest BCUT2D eigenvalue weighted by atomic mass is 127. The second-order valence-corrected chi connectivity index (χ2v) is 7.30. The lowest BCUT2D eigenvalue weighted by Crippen LogP contribution is -2.48. The van der Waals surface area contributed by atoms with Crippen molar-refractivity contribution >= 4 is 47.8 Å². The van der Waals surface area contributed by atoms with E-state index in [9.17, 15) is 9.90 Å². The number of amides is 1. The van der Waals surface area contributed by atoms with Gasteiger partial charge in [0.05, 0.1) is 6.61 Å². The van der Waals surface area contributed by atoms with E-state index in [1.54, 1.807) is 35.7 Å². The third kappa shape index (κ3) is 5.72. The molecule has 3 nitrogen and oxygen atoms in total. The zero-order valence-corrected chi connectivity index (χ0v) is 15.6. The average molecular weight is 445 g/mol. The Morgan fingerprint density at radius 1 is 1.41 bits per heavy atom. The highest BCUT2D eigenvalue weighted by molar-refractivity contribution is 14.2. The van der Waals surface area contributed by atoms with Crippen LogP contribution in [-0.4, -0.2) is 22.5 Å². The van der Waals surface area contributed by atoms with E-state index in [-0.39, 0.29) is 12.5 Å². The highest BCUT2D eigenvalue weighted by Gasteiger charge is 2.30. The number of aliphatic hydroxyl groups is 1. The molecule has 22 heavy (non-hydrogen) atoms. The lowest BCUT2D eigenvalue weighted by molar-refractivity contribution is 0.0903. The predicted octanol–water partition coefficient (Wildman–Crippen LogP) is 3.95. The predicted molar refractivity (Wildman–Crippen MR) is 105 cm³/mol. The van der Waals surface area contributed by atoms with Gasteiger partial charge >= 0.3 is 0 Å². The molecule has 1 aromatic carbocycles. The Kier molecular flexibility index (Phi) is 8.71.